The Morgan fingerprint density at radius 3 is 2.90 bits per heavy atom. The molecule has 2 aromatic carbocycles. The number of ether oxygens (including phenoxy) is 1. The zero-order valence-electron chi connectivity index (χ0n) is 16.9. The van der Waals surface area contributed by atoms with E-state index in [1.54, 1.807) is 17.0 Å². The molecule has 0 radical (unpaired) electrons. The van der Waals surface area contributed by atoms with Gasteiger partial charge in [-0.25, -0.2) is 4.39 Å². The predicted molar refractivity (Wildman–Crippen MR) is 113 cm³/mol. The average Bonchev–Trinajstić information content (AvgIpc) is 3.16. The molecule has 2 atom stereocenters. The monoisotopic (exact) mass is 407 g/mol. The molecule has 0 bridgehead atoms. The number of H-pyrrole nitrogens is 1. The number of halogens is 1. The highest BCUT2D eigenvalue weighted by molar-refractivity contribution is 5.80. The van der Waals surface area contributed by atoms with Gasteiger partial charge in [0.1, 0.15) is 5.82 Å². The largest absolute Gasteiger partial charge is 0.375 e. The number of rotatable bonds is 4. The third-order valence-electron chi connectivity index (χ3n) is 6.30. The maximum atomic E-state index is 14.1. The third-order valence-corrected chi connectivity index (χ3v) is 6.30. The summed E-state index contributed by atoms with van der Waals surface area (Å²) >= 11 is 0. The molecule has 5 rings (SSSR count). The molecule has 2 fully saturated rings. The van der Waals surface area contributed by atoms with Crippen molar-refractivity contribution in [3.63, 3.8) is 0 Å². The Kier molecular flexibility index (Phi) is 5.27. The molecule has 2 aliphatic rings. The van der Waals surface area contributed by atoms with E-state index in [9.17, 15) is 9.18 Å². The molecule has 0 aliphatic carbocycles. The Bertz CT molecular complexity index is 1050. The minimum atomic E-state index is -0.266. The van der Waals surface area contributed by atoms with Crippen LogP contribution in [0.3, 0.4) is 0 Å². The van der Waals surface area contributed by atoms with Crippen LogP contribution in [0, 0.1) is 11.7 Å². The lowest BCUT2D eigenvalue weighted by Crippen LogP contribution is -2.49. The van der Waals surface area contributed by atoms with E-state index in [1.165, 1.54) is 17.0 Å². The van der Waals surface area contributed by atoms with Crippen molar-refractivity contribution in [3.8, 4) is 0 Å². The second-order valence-corrected chi connectivity index (χ2v) is 8.29. The van der Waals surface area contributed by atoms with E-state index in [-0.39, 0.29) is 23.7 Å². The summed E-state index contributed by atoms with van der Waals surface area (Å²) in [5.41, 5.74) is 2.93. The predicted octanol–water partition coefficient (Wildman–Crippen LogP) is 3.56. The van der Waals surface area contributed by atoms with Gasteiger partial charge in [-0.1, -0.05) is 24.3 Å². The van der Waals surface area contributed by atoms with Gasteiger partial charge in [-0.15, -0.1) is 0 Å². The summed E-state index contributed by atoms with van der Waals surface area (Å²) in [5.74, 6) is -0.395. The number of benzene rings is 2. The normalized spacial score (nSPS) is 22.8. The molecule has 2 saturated heterocycles. The SMILES string of the molecule is O=C1C2CN(Cc3ccc4[nH]ccc4c3)CCC2OCCN1Cc1ccccc1F. The minimum absolute atomic E-state index is 0.0495. The van der Waals surface area contributed by atoms with Crippen molar-refractivity contribution >= 4 is 16.8 Å². The number of likely N-dealkylation sites (tertiary alicyclic amines) is 1. The van der Waals surface area contributed by atoms with Gasteiger partial charge in [0.25, 0.3) is 0 Å². The molecule has 3 heterocycles. The highest BCUT2D eigenvalue weighted by Gasteiger charge is 2.39. The molecular formula is C24H26FN3O2. The number of nitrogens with zero attached hydrogens (tertiary/aromatic N) is 2. The van der Waals surface area contributed by atoms with Crippen LogP contribution in [-0.4, -0.2) is 53.0 Å². The number of aromatic amines is 1. The van der Waals surface area contributed by atoms with Crippen molar-refractivity contribution in [2.24, 2.45) is 5.92 Å². The quantitative estimate of drug-likeness (QED) is 0.720. The van der Waals surface area contributed by atoms with Crippen molar-refractivity contribution in [1.82, 2.24) is 14.8 Å². The zero-order chi connectivity index (χ0) is 20.5. The minimum Gasteiger partial charge on any atom is -0.375 e. The average molecular weight is 407 g/mol. The fourth-order valence-corrected chi connectivity index (χ4v) is 4.69. The van der Waals surface area contributed by atoms with Gasteiger partial charge in [-0.05, 0) is 41.6 Å². The smallest absolute Gasteiger partial charge is 0.229 e. The zero-order valence-corrected chi connectivity index (χ0v) is 16.9. The first-order valence-corrected chi connectivity index (χ1v) is 10.6. The van der Waals surface area contributed by atoms with Crippen LogP contribution in [0.5, 0.6) is 0 Å². The Hall–Kier alpha value is -2.70. The highest BCUT2D eigenvalue weighted by Crippen LogP contribution is 2.27. The van der Waals surface area contributed by atoms with Crippen molar-refractivity contribution < 1.29 is 13.9 Å². The van der Waals surface area contributed by atoms with Crippen LogP contribution in [0.4, 0.5) is 4.39 Å². The number of piperidine rings is 1. The summed E-state index contributed by atoms with van der Waals surface area (Å²) in [6, 6.07) is 15.2. The summed E-state index contributed by atoms with van der Waals surface area (Å²) in [4.78, 5) is 20.6. The number of carbonyl (C=O) groups is 1. The van der Waals surface area contributed by atoms with E-state index in [0.29, 0.717) is 31.8 Å². The number of hydrogen-bond donors (Lipinski definition) is 1. The third kappa shape index (κ3) is 3.85. The van der Waals surface area contributed by atoms with E-state index < -0.39 is 0 Å². The first-order chi connectivity index (χ1) is 14.7. The molecule has 2 unspecified atom stereocenters. The number of fused-ring (bicyclic) bond motifs is 2. The number of amides is 1. The van der Waals surface area contributed by atoms with Gasteiger partial charge in [0.2, 0.25) is 5.91 Å². The molecule has 30 heavy (non-hydrogen) atoms. The van der Waals surface area contributed by atoms with Crippen LogP contribution in [0.2, 0.25) is 0 Å². The van der Waals surface area contributed by atoms with Gasteiger partial charge in [-0.3, -0.25) is 9.69 Å². The summed E-state index contributed by atoms with van der Waals surface area (Å²) in [5, 5.41) is 1.20. The molecular weight excluding hydrogens is 381 g/mol. The van der Waals surface area contributed by atoms with Gasteiger partial charge < -0.3 is 14.6 Å². The summed E-state index contributed by atoms with van der Waals surface area (Å²) in [6.07, 6.45) is 2.74. The van der Waals surface area contributed by atoms with E-state index in [1.807, 2.05) is 12.3 Å². The van der Waals surface area contributed by atoms with Gasteiger partial charge >= 0.3 is 0 Å². The second kappa shape index (κ2) is 8.20. The van der Waals surface area contributed by atoms with E-state index in [0.717, 1.165) is 25.0 Å². The van der Waals surface area contributed by atoms with Crippen LogP contribution in [0.15, 0.2) is 54.7 Å². The maximum absolute atomic E-state index is 14.1. The van der Waals surface area contributed by atoms with Crippen LogP contribution >= 0.6 is 0 Å². The molecule has 2 aliphatic heterocycles. The van der Waals surface area contributed by atoms with E-state index in [2.05, 4.69) is 34.1 Å². The van der Waals surface area contributed by atoms with Gasteiger partial charge in [0, 0.05) is 50.0 Å². The van der Waals surface area contributed by atoms with Crippen LogP contribution in [-0.2, 0) is 22.6 Å². The molecule has 3 aromatic rings. The van der Waals surface area contributed by atoms with E-state index >= 15 is 0 Å². The molecule has 156 valence electrons. The van der Waals surface area contributed by atoms with Crippen LogP contribution in [0.1, 0.15) is 17.5 Å². The number of carbonyl (C=O) groups excluding carboxylic acids is 1. The number of nitrogens with one attached hydrogen (secondary N) is 1. The van der Waals surface area contributed by atoms with Crippen molar-refractivity contribution in [1.29, 1.82) is 0 Å². The van der Waals surface area contributed by atoms with E-state index in [4.69, 9.17) is 4.74 Å². The van der Waals surface area contributed by atoms with Crippen LogP contribution < -0.4 is 0 Å². The molecule has 1 N–H and O–H groups in total. The molecule has 0 saturated carbocycles. The molecule has 0 spiro atoms. The Morgan fingerprint density at radius 1 is 1.10 bits per heavy atom. The lowest BCUT2D eigenvalue weighted by atomic mass is 9.92. The lowest BCUT2D eigenvalue weighted by Gasteiger charge is -2.37. The molecule has 6 heteroatoms. The van der Waals surface area contributed by atoms with Crippen molar-refractivity contribution in [3.05, 3.63) is 71.7 Å². The first-order valence-electron chi connectivity index (χ1n) is 10.6. The fourth-order valence-electron chi connectivity index (χ4n) is 4.69. The lowest BCUT2D eigenvalue weighted by molar-refractivity contribution is -0.140. The standard InChI is InChI=1S/C24H26FN3O2/c25-21-4-2-1-3-19(21)15-28-11-12-30-23-8-10-27(16-20(23)24(28)29)14-17-5-6-22-18(13-17)7-9-26-22/h1-7,9,13,20,23,26H,8,10-12,14-16H2. The van der Waals surface area contributed by atoms with Gasteiger partial charge in [0.15, 0.2) is 0 Å². The highest BCUT2D eigenvalue weighted by atomic mass is 19.1. The summed E-state index contributed by atoms with van der Waals surface area (Å²) < 4.78 is 20.2. The second-order valence-electron chi connectivity index (χ2n) is 8.29. The Morgan fingerprint density at radius 2 is 2.00 bits per heavy atom. The fraction of sp³-hybridized carbons (Fsp3) is 0.375. The van der Waals surface area contributed by atoms with Crippen molar-refractivity contribution in [2.75, 3.05) is 26.2 Å². The summed E-state index contributed by atoms with van der Waals surface area (Å²) in [6.45, 7) is 3.69. The summed E-state index contributed by atoms with van der Waals surface area (Å²) in [7, 11) is 0. The van der Waals surface area contributed by atoms with Crippen molar-refractivity contribution in [2.45, 2.75) is 25.6 Å². The topological polar surface area (TPSA) is 48.6 Å². The molecule has 5 nitrogen and oxygen atoms in total. The number of aromatic nitrogens is 1. The Labute approximate surface area is 175 Å². The Balaban J connectivity index is 1.30. The van der Waals surface area contributed by atoms with Gasteiger partial charge in [0.05, 0.1) is 18.6 Å². The van der Waals surface area contributed by atoms with Crippen LogP contribution in [0.25, 0.3) is 10.9 Å². The number of hydrogen-bond acceptors (Lipinski definition) is 3. The maximum Gasteiger partial charge on any atom is 0.229 e. The first kappa shape index (κ1) is 19.3. The van der Waals surface area contributed by atoms with Gasteiger partial charge in [-0.2, -0.15) is 0 Å². The molecule has 1 aromatic heterocycles. The molecule has 1 amide bonds.